The summed E-state index contributed by atoms with van der Waals surface area (Å²) in [5.41, 5.74) is 2.08. The number of rotatable bonds is 5. The topological polar surface area (TPSA) is 72.1 Å². The molecule has 162 valence electrons. The lowest BCUT2D eigenvalue weighted by Gasteiger charge is -2.23. The highest BCUT2D eigenvalue weighted by Crippen LogP contribution is 2.33. The molecule has 0 radical (unpaired) electrons. The highest BCUT2D eigenvalue weighted by atomic mass is 32.1. The van der Waals surface area contributed by atoms with Gasteiger partial charge in [0.25, 0.3) is 5.91 Å². The Morgan fingerprint density at radius 2 is 1.91 bits per heavy atom. The van der Waals surface area contributed by atoms with Gasteiger partial charge < -0.3 is 9.32 Å². The van der Waals surface area contributed by atoms with E-state index in [0.29, 0.717) is 30.4 Å². The molecular formula is C24H21FN4O2S. The number of nitrogens with zero attached hydrogens (tertiary/aromatic N) is 4. The Morgan fingerprint density at radius 3 is 2.69 bits per heavy atom. The molecule has 8 heteroatoms. The van der Waals surface area contributed by atoms with Gasteiger partial charge in [0.1, 0.15) is 11.5 Å². The van der Waals surface area contributed by atoms with Crippen molar-refractivity contribution in [1.29, 1.82) is 0 Å². The minimum absolute atomic E-state index is 0.0327. The van der Waals surface area contributed by atoms with Gasteiger partial charge in [0.05, 0.1) is 9.88 Å². The number of hydrogen-bond donors (Lipinski definition) is 0. The molecule has 1 aliphatic heterocycles. The van der Waals surface area contributed by atoms with Crippen molar-refractivity contribution in [3.05, 3.63) is 77.0 Å². The molecule has 4 aromatic rings. The molecule has 6 nitrogen and oxygen atoms in total. The summed E-state index contributed by atoms with van der Waals surface area (Å²) in [5, 5.41) is 9.15. The smallest absolute Gasteiger partial charge is 0.274 e. The van der Waals surface area contributed by atoms with Crippen molar-refractivity contribution in [2.24, 2.45) is 0 Å². The summed E-state index contributed by atoms with van der Waals surface area (Å²) in [6.07, 6.45) is 2.27. The van der Waals surface area contributed by atoms with Gasteiger partial charge in [-0.15, -0.1) is 21.5 Å². The maximum atomic E-state index is 13.5. The van der Waals surface area contributed by atoms with Crippen molar-refractivity contribution in [1.82, 2.24) is 20.1 Å². The van der Waals surface area contributed by atoms with E-state index >= 15 is 0 Å². The number of hydrogen-bond acceptors (Lipinski definition) is 6. The maximum Gasteiger partial charge on any atom is 0.274 e. The standard InChI is InChI=1S/C24H21FN4O2S/c1-15-26-21(22(32-15)16-9-11-18(25)12-10-16)24(30)29-13-5-8-19(29)14-20-27-28-23(31-20)17-6-3-2-4-7-17/h2-4,6-7,9-12,19H,5,8,13-14H2,1H3/t19-/m0/s1. The summed E-state index contributed by atoms with van der Waals surface area (Å²) in [4.78, 5) is 20.6. The molecule has 1 atom stereocenters. The molecule has 32 heavy (non-hydrogen) atoms. The van der Waals surface area contributed by atoms with Crippen LogP contribution < -0.4 is 0 Å². The third-order valence-electron chi connectivity index (χ3n) is 5.58. The number of amides is 1. The molecule has 1 fully saturated rings. The second-order valence-corrected chi connectivity index (χ2v) is 8.99. The maximum absolute atomic E-state index is 13.5. The summed E-state index contributed by atoms with van der Waals surface area (Å²) < 4.78 is 19.2. The van der Waals surface area contributed by atoms with E-state index in [9.17, 15) is 9.18 Å². The van der Waals surface area contributed by atoms with E-state index in [1.165, 1.54) is 23.5 Å². The van der Waals surface area contributed by atoms with Gasteiger partial charge in [0, 0.05) is 24.6 Å². The third kappa shape index (κ3) is 4.05. The van der Waals surface area contributed by atoms with E-state index in [4.69, 9.17) is 4.42 Å². The van der Waals surface area contributed by atoms with Crippen LogP contribution in [0, 0.1) is 12.7 Å². The van der Waals surface area contributed by atoms with Crippen LogP contribution in [0.4, 0.5) is 4.39 Å². The molecule has 1 saturated heterocycles. The van der Waals surface area contributed by atoms with E-state index in [-0.39, 0.29) is 17.8 Å². The van der Waals surface area contributed by atoms with Gasteiger partial charge in [0.2, 0.25) is 11.8 Å². The first-order valence-corrected chi connectivity index (χ1v) is 11.3. The molecular weight excluding hydrogens is 427 g/mol. The summed E-state index contributed by atoms with van der Waals surface area (Å²) in [5.74, 6) is 0.572. The summed E-state index contributed by atoms with van der Waals surface area (Å²) in [6.45, 7) is 2.53. The number of halogens is 1. The van der Waals surface area contributed by atoms with Crippen LogP contribution in [0.3, 0.4) is 0 Å². The number of benzene rings is 2. The first-order valence-electron chi connectivity index (χ1n) is 10.5. The number of aryl methyl sites for hydroxylation is 1. The lowest BCUT2D eigenvalue weighted by Crippen LogP contribution is -2.37. The SMILES string of the molecule is Cc1nc(C(=O)N2CCC[C@H]2Cc2nnc(-c3ccccc3)o2)c(-c2ccc(F)cc2)s1. The third-order valence-corrected chi connectivity index (χ3v) is 6.60. The van der Waals surface area contributed by atoms with Crippen LogP contribution in [-0.4, -0.2) is 38.6 Å². The number of carbonyl (C=O) groups is 1. The average Bonchev–Trinajstić information content (AvgIpc) is 3.55. The summed E-state index contributed by atoms with van der Waals surface area (Å²) >= 11 is 1.44. The molecule has 0 N–H and O–H groups in total. The van der Waals surface area contributed by atoms with Crippen LogP contribution >= 0.6 is 11.3 Å². The molecule has 3 heterocycles. The first-order chi connectivity index (χ1) is 15.6. The predicted octanol–water partition coefficient (Wildman–Crippen LogP) is 5.15. The van der Waals surface area contributed by atoms with Crippen LogP contribution in [-0.2, 0) is 6.42 Å². The van der Waals surface area contributed by atoms with Crippen LogP contribution in [0.1, 0.15) is 34.2 Å². The van der Waals surface area contributed by atoms with Gasteiger partial charge in [-0.3, -0.25) is 4.79 Å². The zero-order valence-electron chi connectivity index (χ0n) is 17.5. The second kappa shape index (κ2) is 8.63. The van der Waals surface area contributed by atoms with E-state index < -0.39 is 0 Å². The zero-order chi connectivity index (χ0) is 22.1. The van der Waals surface area contributed by atoms with E-state index in [2.05, 4.69) is 15.2 Å². The largest absolute Gasteiger partial charge is 0.421 e. The molecule has 2 aromatic heterocycles. The highest BCUT2D eigenvalue weighted by molar-refractivity contribution is 7.15. The zero-order valence-corrected chi connectivity index (χ0v) is 18.3. The lowest BCUT2D eigenvalue weighted by molar-refractivity contribution is 0.0728. The minimum Gasteiger partial charge on any atom is -0.421 e. The Hall–Kier alpha value is -3.39. The van der Waals surface area contributed by atoms with Gasteiger partial charge in [-0.25, -0.2) is 9.37 Å². The van der Waals surface area contributed by atoms with Crippen LogP contribution in [0.15, 0.2) is 59.0 Å². The van der Waals surface area contributed by atoms with E-state index in [1.807, 2.05) is 42.2 Å². The quantitative estimate of drug-likeness (QED) is 0.422. The Bertz CT molecular complexity index is 1240. The van der Waals surface area contributed by atoms with Crippen molar-refractivity contribution in [2.45, 2.75) is 32.2 Å². The Kier molecular flexibility index (Phi) is 5.53. The molecule has 2 aromatic carbocycles. The number of carbonyl (C=O) groups excluding carboxylic acids is 1. The number of likely N-dealkylation sites (tertiary alicyclic amines) is 1. The van der Waals surface area contributed by atoms with Gasteiger partial charge in [-0.1, -0.05) is 30.3 Å². The van der Waals surface area contributed by atoms with Crippen molar-refractivity contribution in [3.63, 3.8) is 0 Å². The summed E-state index contributed by atoms with van der Waals surface area (Å²) in [6, 6.07) is 15.8. The normalized spacial score (nSPS) is 15.9. The Balaban J connectivity index is 1.37. The van der Waals surface area contributed by atoms with Gasteiger partial charge in [0.15, 0.2) is 0 Å². The van der Waals surface area contributed by atoms with Gasteiger partial charge in [-0.2, -0.15) is 0 Å². The minimum atomic E-state index is -0.308. The molecule has 0 bridgehead atoms. The molecule has 0 aliphatic carbocycles. The molecule has 0 saturated carbocycles. The van der Waals surface area contributed by atoms with Crippen LogP contribution in [0.5, 0.6) is 0 Å². The Morgan fingerprint density at radius 1 is 1.12 bits per heavy atom. The highest BCUT2D eigenvalue weighted by Gasteiger charge is 2.33. The average molecular weight is 449 g/mol. The fraction of sp³-hybridized carbons (Fsp3) is 0.250. The number of thiazole rings is 1. The molecule has 1 amide bonds. The lowest BCUT2D eigenvalue weighted by atomic mass is 10.1. The van der Waals surface area contributed by atoms with Crippen molar-refractivity contribution in [3.8, 4) is 21.9 Å². The number of aromatic nitrogens is 3. The van der Waals surface area contributed by atoms with E-state index in [0.717, 1.165) is 33.9 Å². The van der Waals surface area contributed by atoms with Crippen molar-refractivity contribution < 1.29 is 13.6 Å². The van der Waals surface area contributed by atoms with Gasteiger partial charge >= 0.3 is 0 Å². The Labute approximate surface area is 188 Å². The first kappa shape index (κ1) is 20.5. The van der Waals surface area contributed by atoms with Gasteiger partial charge in [-0.05, 0) is 49.6 Å². The molecule has 0 spiro atoms. The molecule has 5 rings (SSSR count). The monoisotopic (exact) mass is 448 g/mol. The molecule has 0 unspecified atom stereocenters. The fourth-order valence-electron chi connectivity index (χ4n) is 4.06. The van der Waals surface area contributed by atoms with E-state index in [1.54, 1.807) is 12.1 Å². The van der Waals surface area contributed by atoms with Crippen molar-refractivity contribution in [2.75, 3.05) is 6.54 Å². The summed E-state index contributed by atoms with van der Waals surface area (Å²) in [7, 11) is 0. The molecule has 1 aliphatic rings. The van der Waals surface area contributed by atoms with Crippen LogP contribution in [0.2, 0.25) is 0 Å². The predicted molar refractivity (Wildman–Crippen MR) is 120 cm³/mol. The fourth-order valence-corrected chi connectivity index (χ4v) is 4.97. The van der Waals surface area contributed by atoms with Crippen molar-refractivity contribution >= 4 is 17.2 Å². The van der Waals surface area contributed by atoms with Crippen LogP contribution in [0.25, 0.3) is 21.9 Å². The second-order valence-electron chi connectivity index (χ2n) is 7.78.